The van der Waals surface area contributed by atoms with Gasteiger partial charge < -0.3 is 5.32 Å². The summed E-state index contributed by atoms with van der Waals surface area (Å²) in [5, 5.41) is 4.96. The van der Waals surface area contributed by atoms with Crippen molar-refractivity contribution in [3.63, 3.8) is 0 Å². The van der Waals surface area contributed by atoms with Gasteiger partial charge in [-0.1, -0.05) is 38.1 Å². The van der Waals surface area contributed by atoms with Gasteiger partial charge in [0.15, 0.2) is 0 Å². The topological polar surface area (TPSA) is 75.3 Å². The molecule has 7 heteroatoms. The second-order valence-corrected chi connectivity index (χ2v) is 8.51. The number of thiophene rings is 1. The van der Waals surface area contributed by atoms with E-state index >= 15 is 0 Å². The third-order valence-corrected chi connectivity index (χ3v) is 5.96. The van der Waals surface area contributed by atoms with Crippen LogP contribution >= 0.6 is 11.3 Å². The summed E-state index contributed by atoms with van der Waals surface area (Å²) >= 11 is 1.60. The summed E-state index contributed by atoms with van der Waals surface area (Å²) in [6.07, 6.45) is 0.0979. The van der Waals surface area contributed by atoms with Crippen LogP contribution in [0.5, 0.6) is 0 Å². The Balaban J connectivity index is 1.87. The molecule has 1 atom stereocenters. The van der Waals surface area contributed by atoms with E-state index in [1.54, 1.807) is 29.5 Å². The molecule has 0 bridgehead atoms. The van der Waals surface area contributed by atoms with Gasteiger partial charge in [0.1, 0.15) is 0 Å². The average molecular weight is 367 g/mol. The fraction of sp³-hybridized carbons (Fsp3) is 0.353. The van der Waals surface area contributed by atoms with Crippen LogP contribution in [0.2, 0.25) is 0 Å². The Hall–Kier alpha value is -1.70. The molecule has 0 aliphatic rings. The quantitative estimate of drug-likeness (QED) is 0.754. The zero-order valence-corrected chi connectivity index (χ0v) is 15.4. The number of benzene rings is 1. The molecule has 1 amide bonds. The van der Waals surface area contributed by atoms with Crippen LogP contribution in [0.1, 0.15) is 31.2 Å². The summed E-state index contributed by atoms with van der Waals surface area (Å²) in [7, 11) is -3.57. The number of carbonyl (C=O) groups is 1. The number of hydrogen-bond acceptors (Lipinski definition) is 4. The third kappa shape index (κ3) is 5.15. The van der Waals surface area contributed by atoms with Gasteiger partial charge in [-0.05, 0) is 29.5 Å². The molecule has 0 saturated heterocycles. The molecular weight excluding hydrogens is 344 g/mol. The van der Waals surface area contributed by atoms with Crippen molar-refractivity contribution < 1.29 is 13.2 Å². The smallest absolute Gasteiger partial charge is 0.240 e. The second kappa shape index (κ2) is 8.41. The number of carbonyl (C=O) groups excluding carboxylic acids is 1. The first-order valence-electron chi connectivity index (χ1n) is 7.77. The van der Waals surface area contributed by atoms with Crippen LogP contribution in [0.15, 0.2) is 52.7 Å². The molecule has 0 saturated carbocycles. The lowest BCUT2D eigenvalue weighted by atomic mass is 10.0. The molecule has 1 unspecified atom stereocenters. The summed E-state index contributed by atoms with van der Waals surface area (Å²) in [5.41, 5.74) is 0. The van der Waals surface area contributed by atoms with Crippen molar-refractivity contribution in [3.8, 4) is 0 Å². The van der Waals surface area contributed by atoms with Gasteiger partial charge in [-0.25, -0.2) is 13.1 Å². The van der Waals surface area contributed by atoms with Crippen molar-refractivity contribution in [2.45, 2.75) is 31.2 Å². The van der Waals surface area contributed by atoms with Crippen molar-refractivity contribution in [2.75, 3.05) is 6.54 Å². The highest BCUT2D eigenvalue weighted by Gasteiger charge is 2.19. The molecule has 1 aromatic heterocycles. The molecule has 0 aliphatic heterocycles. The molecule has 2 N–H and O–H groups in total. The Morgan fingerprint density at radius 2 is 1.83 bits per heavy atom. The molecule has 0 spiro atoms. The molecule has 2 aromatic rings. The first-order chi connectivity index (χ1) is 11.4. The maximum Gasteiger partial charge on any atom is 0.240 e. The molecule has 5 nitrogen and oxygen atoms in total. The number of sulfonamides is 1. The highest BCUT2D eigenvalue weighted by atomic mass is 32.2. The SMILES string of the molecule is CC(C)C(NC(=O)CCNS(=O)(=O)c1ccccc1)c1cccs1. The molecule has 2 rings (SSSR count). The van der Waals surface area contributed by atoms with Crippen molar-refractivity contribution in [1.29, 1.82) is 0 Å². The Bertz CT molecular complexity index is 741. The summed E-state index contributed by atoms with van der Waals surface area (Å²) < 4.78 is 26.6. The van der Waals surface area contributed by atoms with E-state index < -0.39 is 10.0 Å². The van der Waals surface area contributed by atoms with E-state index in [1.807, 2.05) is 31.4 Å². The molecule has 0 aliphatic carbocycles. The normalized spacial score (nSPS) is 13.0. The summed E-state index contributed by atoms with van der Waals surface area (Å²) in [6, 6.07) is 12.0. The molecule has 0 fully saturated rings. The molecular formula is C17H22N2O3S2. The number of nitrogens with one attached hydrogen (secondary N) is 2. The first kappa shape index (κ1) is 18.6. The monoisotopic (exact) mass is 366 g/mol. The number of amides is 1. The van der Waals surface area contributed by atoms with E-state index in [9.17, 15) is 13.2 Å². The maximum absolute atomic E-state index is 12.1. The summed E-state index contributed by atoms with van der Waals surface area (Å²) in [6.45, 7) is 4.16. The first-order valence-corrected chi connectivity index (χ1v) is 10.1. The Kier molecular flexibility index (Phi) is 6.53. The maximum atomic E-state index is 12.1. The van der Waals surface area contributed by atoms with E-state index in [1.165, 1.54) is 12.1 Å². The minimum Gasteiger partial charge on any atom is -0.348 e. The molecule has 24 heavy (non-hydrogen) atoms. The standard InChI is InChI=1S/C17H22N2O3S2/c1-13(2)17(15-9-6-12-23-15)19-16(20)10-11-18-24(21,22)14-7-4-3-5-8-14/h3-9,12-13,17-18H,10-11H2,1-2H3,(H,19,20). The summed E-state index contributed by atoms with van der Waals surface area (Å²) in [5.74, 6) is 0.0893. The van der Waals surface area contributed by atoms with Crippen LogP contribution in [0.25, 0.3) is 0 Å². The van der Waals surface area contributed by atoms with Crippen LogP contribution in [0, 0.1) is 5.92 Å². The summed E-state index contributed by atoms with van der Waals surface area (Å²) in [4.78, 5) is 13.4. The number of hydrogen-bond donors (Lipinski definition) is 2. The zero-order chi connectivity index (χ0) is 17.6. The van der Waals surface area contributed by atoms with Gasteiger partial charge in [0, 0.05) is 17.8 Å². The van der Waals surface area contributed by atoms with E-state index in [0.29, 0.717) is 0 Å². The lowest BCUT2D eigenvalue weighted by molar-refractivity contribution is -0.122. The predicted octanol–water partition coefficient (Wildman–Crippen LogP) is 2.93. The molecule has 130 valence electrons. The van der Waals surface area contributed by atoms with Crippen molar-refractivity contribution in [2.24, 2.45) is 5.92 Å². The Morgan fingerprint density at radius 1 is 1.12 bits per heavy atom. The Labute approximate surface area is 147 Å². The Morgan fingerprint density at radius 3 is 2.42 bits per heavy atom. The van der Waals surface area contributed by atoms with E-state index in [4.69, 9.17) is 0 Å². The van der Waals surface area contributed by atoms with Crippen LogP contribution in [0.4, 0.5) is 0 Å². The highest BCUT2D eigenvalue weighted by Crippen LogP contribution is 2.25. The van der Waals surface area contributed by atoms with Gasteiger partial charge in [0.2, 0.25) is 15.9 Å². The number of rotatable bonds is 8. The van der Waals surface area contributed by atoms with Crippen LogP contribution in [-0.4, -0.2) is 20.9 Å². The van der Waals surface area contributed by atoms with Gasteiger partial charge in [-0.2, -0.15) is 0 Å². The molecule has 1 aromatic carbocycles. The van der Waals surface area contributed by atoms with Crippen molar-refractivity contribution >= 4 is 27.3 Å². The second-order valence-electron chi connectivity index (χ2n) is 5.77. The average Bonchev–Trinajstić information content (AvgIpc) is 3.07. The van der Waals surface area contributed by atoms with E-state index in [2.05, 4.69) is 10.0 Å². The third-order valence-electron chi connectivity index (χ3n) is 3.53. The zero-order valence-electron chi connectivity index (χ0n) is 13.7. The lowest BCUT2D eigenvalue weighted by Gasteiger charge is -2.21. The van der Waals surface area contributed by atoms with Crippen LogP contribution in [-0.2, 0) is 14.8 Å². The fourth-order valence-electron chi connectivity index (χ4n) is 2.26. The minimum atomic E-state index is -3.57. The minimum absolute atomic E-state index is 0.0526. The fourth-order valence-corrected chi connectivity index (χ4v) is 4.26. The molecule has 0 radical (unpaired) electrons. The highest BCUT2D eigenvalue weighted by molar-refractivity contribution is 7.89. The van der Waals surface area contributed by atoms with Gasteiger partial charge in [0.25, 0.3) is 0 Å². The van der Waals surface area contributed by atoms with Crippen LogP contribution in [0.3, 0.4) is 0 Å². The van der Waals surface area contributed by atoms with Gasteiger partial charge in [0.05, 0.1) is 10.9 Å². The largest absolute Gasteiger partial charge is 0.348 e. The van der Waals surface area contributed by atoms with E-state index in [0.717, 1.165) is 4.88 Å². The van der Waals surface area contributed by atoms with Crippen molar-refractivity contribution in [3.05, 3.63) is 52.7 Å². The molecule has 1 heterocycles. The van der Waals surface area contributed by atoms with Crippen molar-refractivity contribution in [1.82, 2.24) is 10.0 Å². The van der Waals surface area contributed by atoms with Gasteiger partial charge >= 0.3 is 0 Å². The van der Waals surface area contributed by atoms with Gasteiger partial charge in [-0.3, -0.25) is 4.79 Å². The van der Waals surface area contributed by atoms with E-state index in [-0.39, 0.29) is 35.7 Å². The van der Waals surface area contributed by atoms with Gasteiger partial charge in [-0.15, -0.1) is 11.3 Å². The lowest BCUT2D eigenvalue weighted by Crippen LogP contribution is -2.34. The van der Waals surface area contributed by atoms with Crippen LogP contribution < -0.4 is 10.0 Å². The predicted molar refractivity (Wildman–Crippen MR) is 96.3 cm³/mol.